The topological polar surface area (TPSA) is 73.0 Å². The minimum Gasteiger partial charge on any atom is -0.368 e. The average molecular weight is 491 g/mol. The van der Waals surface area contributed by atoms with Crippen LogP contribution in [0.3, 0.4) is 0 Å². The summed E-state index contributed by atoms with van der Waals surface area (Å²) in [5.74, 6) is 0.123. The SMILES string of the molecule is CCCN(CC(=O)Nc1ccc(N2CCN(C(=O)c3ccc(C)cc3)CC2)cc1)C(=O)C1CCCC1. The van der Waals surface area contributed by atoms with E-state index in [9.17, 15) is 14.4 Å². The molecule has 1 saturated heterocycles. The van der Waals surface area contributed by atoms with Crippen LogP contribution in [0.25, 0.3) is 0 Å². The standard InChI is InChI=1S/C29H38N4O3/c1-3-16-33(29(36)23-6-4-5-7-23)21-27(34)30-25-12-14-26(15-13-25)31-17-19-32(20-18-31)28(35)24-10-8-22(2)9-11-24/h8-15,23H,3-7,16-21H2,1-2H3,(H,30,34). The van der Waals surface area contributed by atoms with Crippen LogP contribution >= 0.6 is 0 Å². The van der Waals surface area contributed by atoms with Gasteiger partial charge >= 0.3 is 0 Å². The lowest BCUT2D eigenvalue weighted by Crippen LogP contribution is -2.48. The Labute approximate surface area is 214 Å². The molecule has 4 rings (SSSR count). The van der Waals surface area contributed by atoms with Crippen molar-refractivity contribution in [2.24, 2.45) is 5.92 Å². The molecule has 2 fully saturated rings. The van der Waals surface area contributed by atoms with Crippen molar-refractivity contribution in [2.45, 2.75) is 46.0 Å². The molecule has 2 aromatic rings. The van der Waals surface area contributed by atoms with Crippen molar-refractivity contribution in [3.63, 3.8) is 0 Å². The summed E-state index contributed by atoms with van der Waals surface area (Å²) in [6.45, 7) is 7.63. The minimum absolute atomic E-state index is 0.0799. The number of anilines is 2. The number of nitrogens with one attached hydrogen (secondary N) is 1. The van der Waals surface area contributed by atoms with Crippen molar-refractivity contribution in [2.75, 3.05) is 49.5 Å². The maximum Gasteiger partial charge on any atom is 0.253 e. The molecular weight excluding hydrogens is 452 g/mol. The Kier molecular flexibility index (Phi) is 8.62. The second-order valence-electron chi connectivity index (χ2n) is 9.98. The third kappa shape index (κ3) is 6.45. The quantitative estimate of drug-likeness (QED) is 0.598. The lowest BCUT2D eigenvalue weighted by molar-refractivity contribution is -0.138. The number of hydrogen-bond acceptors (Lipinski definition) is 4. The fraction of sp³-hybridized carbons (Fsp3) is 0.483. The van der Waals surface area contributed by atoms with Gasteiger partial charge < -0.3 is 20.0 Å². The summed E-state index contributed by atoms with van der Waals surface area (Å²) >= 11 is 0. The number of carbonyl (C=O) groups excluding carboxylic acids is 3. The van der Waals surface area contributed by atoms with Gasteiger partial charge in [0.2, 0.25) is 11.8 Å². The van der Waals surface area contributed by atoms with Gasteiger partial charge in [0.25, 0.3) is 5.91 Å². The molecule has 0 radical (unpaired) electrons. The Morgan fingerprint density at radius 1 is 0.917 bits per heavy atom. The van der Waals surface area contributed by atoms with Gasteiger partial charge in [-0.25, -0.2) is 0 Å². The maximum absolute atomic E-state index is 12.8. The molecule has 2 aromatic carbocycles. The maximum atomic E-state index is 12.8. The number of rotatable bonds is 8. The first-order valence-corrected chi connectivity index (χ1v) is 13.2. The van der Waals surface area contributed by atoms with Crippen LogP contribution in [-0.4, -0.2) is 66.8 Å². The van der Waals surface area contributed by atoms with Crippen molar-refractivity contribution < 1.29 is 14.4 Å². The summed E-state index contributed by atoms with van der Waals surface area (Å²) in [4.78, 5) is 44.2. The van der Waals surface area contributed by atoms with E-state index >= 15 is 0 Å². The Morgan fingerprint density at radius 2 is 1.56 bits per heavy atom. The highest BCUT2D eigenvalue weighted by Crippen LogP contribution is 2.27. The van der Waals surface area contributed by atoms with E-state index in [0.29, 0.717) is 19.6 Å². The van der Waals surface area contributed by atoms with E-state index in [1.54, 1.807) is 4.90 Å². The van der Waals surface area contributed by atoms with Gasteiger partial charge in [0.1, 0.15) is 0 Å². The fourth-order valence-electron chi connectivity index (χ4n) is 5.14. The summed E-state index contributed by atoms with van der Waals surface area (Å²) in [5, 5.41) is 2.95. The molecule has 0 bridgehead atoms. The Balaban J connectivity index is 1.27. The number of hydrogen-bond donors (Lipinski definition) is 1. The predicted octanol–water partition coefficient (Wildman–Crippen LogP) is 4.32. The number of amides is 3. The molecule has 1 heterocycles. The fourth-order valence-corrected chi connectivity index (χ4v) is 5.14. The predicted molar refractivity (Wildman–Crippen MR) is 143 cm³/mol. The lowest BCUT2D eigenvalue weighted by Gasteiger charge is -2.36. The number of carbonyl (C=O) groups is 3. The Morgan fingerprint density at radius 3 is 2.17 bits per heavy atom. The smallest absolute Gasteiger partial charge is 0.253 e. The highest BCUT2D eigenvalue weighted by Gasteiger charge is 2.28. The summed E-state index contributed by atoms with van der Waals surface area (Å²) < 4.78 is 0. The van der Waals surface area contributed by atoms with Crippen molar-refractivity contribution in [1.82, 2.24) is 9.80 Å². The van der Waals surface area contributed by atoms with Gasteiger partial charge in [0.05, 0.1) is 6.54 Å². The zero-order valence-corrected chi connectivity index (χ0v) is 21.5. The molecule has 1 aliphatic carbocycles. The molecule has 1 saturated carbocycles. The first kappa shape index (κ1) is 25.7. The van der Waals surface area contributed by atoms with Crippen LogP contribution in [-0.2, 0) is 9.59 Å². The molecule has 1 aliphatic heterocycles. The zero-order valence-electron chi connectivity index (χ0n) is 21.5. The zero-order chi connectivity index (χ0) is 25.5. The molecule has 0 atom stereocenters. The van der Waals surface area contributed by atoms with Crippen LogP contribution in [0.1, 0.15) is 54.9 Å². The highest BCUT2D eigenvalue weighted by molar-refractivity contribution is 5.95. The van der Waals surface area contributed by atoms with Crippen molar-refractivity contribution in [3.8, 4) is 0 Å². The van der Waals surface area contributed by atoms with E-state index in [1.807, 2.05) is 67.3 Å². The molecule has 7 heteroatoms. The van der Waals surface area contributed by atoms with E-state index in [4.69, 9.17) is 0 Å². The number of benzene rings is 2. The van der Waals surface area contributed by atoms with Crippen LogP contribution in [0.2, 0.25) is 0 Å². The Hall–Kier alpha value is -3.35. The van der Waals surface area contributed by atoms with Crippen molar-refractivity contribution in [1.29, 1.82) is 0 Å². The minimum atomic E-state index is -0.161. The largest absolute Gasteiger partial charge is 0.368 e. The van der Waals surface area contributed by atoms with Gasteiger partial charge in [-0.1, -0.05) is 37.5 Å². The van der Waals surface area contributed by atoms with Crippen LogP contribution in [0.4, 0.5) is 11.4 Å². The summed E-state index contributed by atoms with van der Waals surface area (Å²) in [6.07, 6.45) is 4.93. The molecule has 3 amide bonds. The molecule has 192 valence electrons. The normalized spacial score (nSPS) is 16.2. The summed E-state index contributed by atoms with van der Waals surface area (Å²) in [6, 6.07) is 15.5. The molecule has 2 aliphatic rings. The van der Waals surface area contributed by atoms with E-state index in [-0.39, 0.29) is 30.2 Å². The third-order valence-electron chi connectivity index (χ3n) is 7.23. The second kappa shape index (κ2) is 12.1. The first-order valence-electron chi connectivity index (χ1n) is 13.2. The van der Waals surface area contributed by atoms with E-state index < -0.39 is 0 Å². The molecule has 7 nitrogen and oxygen atoms in total. The summed E-state index contributed by atoms with van der Waals surface area (Å²) in [7, 11) is 0. The monoisotopic (exact) mass is 490 g/mol. The molecular formula is C29H38N4O3. The lowest BCUT2D eigenvalue weighted by atomic mass is 10.1. The number of aryl methyl sites for hydroxylation is 1. The van der Waals surface area contributed by atoms with Gasteiger partial charge in [-0.2, -0.15) is 0 Å². The highest BCUT2D eigenvalue weighted by atomic mass is 16.2. The van der Waals surface area contributed by atoms with E-state index in [1.165, 1.54) is 0 Å². The van der Waals surface area contributed by atoms with Gasteiger partial charge in [-0.05, 0) is 62.6 Å². The first-order chi connectivity index (χ1) is 17.4. The number of piperazine rings is 1. The second-order valence-corrected chi connectivity index (χ2v) is 9.98. The van der Waals surface area contributed by atoms with Crippen molar-refractivity contribution in [3.05, 3.63) is 59.7 Å². The molecule has 0 aromatic heterocycles. The Bertz CT molecular complexity index is 1040. The molecule has 1 N–H and O–H groups in total. The summed E-state index contributed by atoms with van der Waals surface area (Å²) in [5.41, 5.74) is 3.67. The average Bonchev–Trinajstić information content (AvgIpc) is 3.44. The van der Waals surface area contributed by atoms with Crippen LogP contribution < -0.4 is 10.2 Å². The van der Waals surface area contributed by atoms with Crippen molar-refractivity contribution >= 4 is 29.1 Å². The van der Waals surface area contributed by atoms with Gasteiger partial charge in [0, 0.05) is 55.6 Å². The number of nitrogens with zero attached hydrogens (tertiary/aromatic N) is 3. The van der Waals surface area contributed by atoms with Gasteiger partial charge in [-0.15, -0.1) is 0 Å². The van der Waals surface area contributed by atoms with E-state index in [0.717, 1.165) is 67.7 Å². The van der Waals surface area contributed by atoms with Crippen LogP contribution in [0.5, 0.6) is 0 Å². The van der Waals surface area contributed by atoms with Gasteiger partial charge in [-0.3, -0.25) is 14.4 Å². The van der Waals surface area contributed by atoms with Crippen LogP contribution in [0.15, 0.2) is 48.5 Å². The molecule has 0 unspecified atom stereocenters. The third-order valence-corrected chi connectivity index (χ3v) is 7.23. The van der Waals surface area contributed by atoms with Crippen LogP contribution in [0, 0.1) is 12.8 Å². The molecule has 0 spiro atoms. The molecule has 36 heavy (non-hydrogen) atoms. The van der Waals surface area contributed by atoms with E-state index in [2.05, 4.69) is 10.2 Å². The van der Waals surface area contributed by atoms with Gasteiger partial charge in [0.15, 0.2) is 0 Å².